The number of hydrogen-bond acceptors (Lipinski definition) is 4. The van der Waals surface area contributed by atoms with Gasteiger partial charge in [0, 0.05) is 49.0 Å². The van der Waals surface area contributed by atoms with Gasteiger partial charge in [0.25, 0.3) is 0 Å². The van der Waals surface area contributed by atoms with E-state index in [-0.39, 0.29) is 6.61 Å². The van der Waals surface area contributed by atoms with E-state index < -0.39 is 0 Å². The average molecular weight is 316 g/mol. The van der Waals surface area contributed by atoms with E-state index in [4.69, 9.17) is 0 Å². The van der Waals surface area contributed by atoms with Crippen molar-refractivity contribution in [3.63, 3.8) is 0 Å². The molecule has 4 heteroatoms. The highest BCUT2D eigenvalue weighted by atomic mass is 32.1. The molecule has 1 aliphatic rings. The molecule has 2 aromatic rings. The van der Waals surface area contributed by atoms with Crippen LogP contribution in [0.5, 0.6) is 0 Å². The molecule has 1 N–H and O–H groups in total. The Morgan fingerprint density at radius 2 is 1.55 bits per heavy atom. The molecule has 1 aliphatic heterocycles. The van der Waals surface area contributed by atoms with Crippen molar-refractivity contribution in [2.75, 3.05) is 26.2 Å². The van der Waals surface area contributed by atoms with Crippen molar-refractivity contribution >= 4 is 11.3 Å². The Labute approximate surface area is 136 Å². The molecule has 0 amide bonds. The molecule has 3 nitrogen and oxygen atoms in total. The number of aryl methyl sites for hydroxylation is 1. The fraction of sp³-hybridized carbons (Fsp3) is 0.444. The summed E-state index contributed by atoms with van der Waals surface area (Å²) in [6, 6.07) is 12.7. The summed E-state index contributed by atoms with van der Waals surface area (Å²) in [5.41, 5.74) is 2.31. The molecule has 0 atom stereocenters. The zero-order valence-corrected chi connectivity index (χ0v) is 14.0. The third-order valence-electron chi connectivity index (χ3n) is 4.32. The molecule has 118 valence electrons. The predicted octanol–water partition coefficient (Wildman–Crippen LogP) is 2.87. The Kier molecular flexibility index (Phi) is 5.26. The van der Waals surface area contributed by atoms with Crippen LogP contribution in [0.4, 0.5) is 0 Å². The van der Waals surface area contributed by atoms with Gasteiger partial charge in [-0.15, -0.1) is 11.3 Å². The van der Waals surface area contributed by atoms with Gasteiger partial charge >= 0.3 is 0 Å². The lowest BCUT2D eigenvalue weighted by Crippen LogP contribution is -2.45. The quantitative estimate of drug-likeness (QED) is 0.919. The summed E-state index contributed by atoms with van der Waals surface area (Å²) in [6.45, 7) is 8.78. The number of benzene rings is 1. The maximum atomic E-state index is 9.43. The van der Waals surface area contributed by atoms with Gasteiger partial charge in [-0.3, -0.25) is 9.80 Å². The molecule has 0 radical (unpaired) electrons. The van der Waals surface area contributed by atoms with Gasteiger partial charge in [0.15, 0.2) is 0 Å². The SMILES string of the molecule is Cc1ccc(CN2CCN(Cc3ccccc3CO)CC2)s1. The average Bonchev–Trinajstić information content (AvgIpc) is 2.95. The van der Waals surface area contributed by atoms with Gasteiger partial charge in [-0.1, -0.05) is 24.3 Å². The van der Waals surface area contributed by atoms with E-state index in [0.29, 0.717) is 0 Å². The van der Waals surface area contributed by atoms with Gasteiger partial charge in [-0.05, 0) is 30.2 Å². The van der Waals surface area contributed by atoms with Crippen LogP contribution in [-0.2, 0) is 19.7 Å². The summed E-state index contributed by atoms with van der Waals surface area (Å²) in [4.78, 5) is 7.90. The van der Waals surface area contributed by atoms with Crippen LogP contribution < -0.4 is 0 Å². The van der Waals surface area contributed by atoms with E-state index >= 15 is 0 Å². The number of thiophene rings is 1. The second-order valence-electron chi connectivity index (χ2n) is 5.99. The highest BCUT2D eigenvalue weighted by Crippen LogP contribution is 2.19. The molecule has 0 spiro atoms. The Morgan fingerprint density at radius 3 is 2.14 bits per heavy atom. The largest absolute Gasteiger partial charge is 0.392 e. The van der Waals surface area contributed by atoms with E-state index in [1.54, 1.807) is 0 Å². The number of aliphatic hydroxyl groups excluding tert-OH is 1. The van der Waals surface area contributed by atoms with Crippen LogP contribution in [-0.4, -0.2) is 41.1 Å². The van der Waals surface area contributed by atoms with Gasteiger partial charge in [0.1, 0.15) is 0 Å². The standard InChI is InChI=1S/C18H24N2OS/c1-15-6-7-18(22-15)13-20-10-8-19(9-11-20)12-16-4-2-3-5-17(16)14-21/h2-7,21H,8-14H2,1H3. The van der Waals surface area contributed by atoms with Crippen LogP contribution in [0.25, 0.3) is 0 Å². The first kappa shape index (κ1) is 15.7. The predicted molar refractivity (Wildman–Crippen MR) is 92.0 cm³/mol. The highest BCUT2D eigenvalue weighted by Gasteiger charge is 2.18. The van der Waals surface area contributed by atoms with Crippen molar-refractivity contribution in [2.45, 2.75) is 26.6 Å². The molecule has 1 saturated heterocycles. The summed E-state index contributed by atoms with van der Waals surface area (Å²) in [5.74, 6) is 0. The van der Waals surface area contributed by atoms with Crippen molar-refractivity contribution < 1.29 is 5.11 Å². The molecule has 1 aromatic heterocycles. The molecule has 2 heterocycles. The first-order valence-corrected chi connectivity index (χ1v) is 8.74. The second-order valence-corrected chi connectivity index (χ2v) is 7.36. The summed E-state index contributed by atoms with van der Waals surface area (Å²) in [6.07, 6.45) is 0. The highest BCUT2D eigenvalue weighted by molar-refractivity contribution is 7.11. The number of hydrogen-bond donors (Lipinski definition) is 1. The maximum Gasteiger partial charge on any atom is 0.0685 e. The number of rotatable bonds is 5. The number of nitrogens with zero attached hydrogens (tertiary/aromatic N) is 2. The van der Waals surface area contributed by atoms with E-state index in [2.05, 4.69) is 41.0 Å². The Balaban J connectivity index is 1.51. The van der Waals surface area contributed by atoms with Crippen LogP contribution in [0.15, 0.2) is 36.4 Å². The first-order valence-electron chi connectivity index (χ1n) is 7.92. The summed E-state index contributed by atoms with van der Waals surface area (Å²) in [7, 11) is 0. The topological polar surface area (TPSA) is 26.7 Å². The molecule has 3 rings (SSSR count). The minimum Gasteiger partial charge on any atom is -0.392 e. The Bertz CT molecular complexity index is 603. The summed E-state index contributed by atoms with van der Waals surface area (Å²) < 4.78 is 0. The van der Waals surface area contributed by atoms with E-state index in [1.807, 2.05) is 23.5 Å². The van der Waals surface area contributed by atoms with Crippen molar-refractivity contribution in [3.8, 4) is 0 Å². The van der Waals surface area contributed by atoms with E-state index in [9.17, 15) is 5.11 Å². The van der Waals surface area contributed by atoms with Crippen LogP contribution in [0, 0.1) is 6.92 Å². The molecule has 0 saturated carbocycles. The lowest BCUT2D eigenvalue weighted by molar-refractivity contribution is 0.122. The maximum absolute atomic E-state index is 9.43. The summed E-state index contributed by atoms with van der Waals surface area (Å²) >= 11 is 1.91. The molecule has 1 aromatic carbocycles. The molecular weight excluding hydrogens is 292 g/mol. The van der Waals surface area contributed by atoms with Crippen LogP contribution in [0.3, 0.4) is 0 Å². The lowest BCUT2D eigenvalue weighted by Gasteiger charge is -2.34. The third kappa shape index (κ3) is 3.96. The summed E-state index contributed by atoms with van der Waals surface area (Å²) in [5, 5.41) is 9.43. The van der Waals surface area contributed by atoms with Gasteiger partial charge in [-0.25, -0.2) is 0 Å². The smallest absolute Gasteiger partial charge is 0.0685 e. The molecule has 0 unspecified atom stereocenters. The second kappa shape index (κ2) is 7.38. The Morgan fingerprint density at radius 1 is 0.909 bits per heavy atom. The molecular formula is C18H24N2OS. The van der Waals surface area contributed by atoms with Crippen LogP contribution in [0.2, 0.25) is 0 Å². The number of piperazine rings is 1. The van der Waals surface area contributed by atoms with E-state index in [0.717, 1.165) is 44.8 Å². The van der Waals surface area contributed by atoms with Gasteiger partial charge < -0.3 is 5.11 Å². The molecule has 22 heavy (non-hydrogen) atoms. The van der Waals surface area contributed by atoms with Crippen molar-refractivity contribution in [1.29, 1.82) is 0 Å². The molecule has 0 aliphatic carbocycles. The van der Waals surface area contributed by atoms with E-state index in [1.165, 1.54) is 15.3 Å². The first-order chi connectivity index (χ1) is 10.7. The third-order valence-corrected chi connectivity index (χ3v) is 5.31. The molecule has 1 fully saturated rings. The minimum atomic E-state index is 0.133. The molecule has 0 bridgehead atoms. The van der Waals surface area contributed by atoms with Gasteiger partial charge in [-0.2, -0.15) is 0 Å². The monoisotopic (exact) mass is 316 g/mol. The van der Waals surface area contributed by atoms with Crippen LogP contribution >= 0.6 is 11.3 Å². The lowest BCUT2D eigenvalue weighted by atomic mass is 10.1. The Hall–Kier alpha value is -1.20. The fourth-order valence-electron chi connectivity index (χ4n) is 3.00. The fourth-order valence-corrected chi connectivity index (χ4v) is 3.94. The zero-order valence-electron chi connectivity index (χ0n) is 13.2. The van der Waals surface area contributed by atoms with Crippen molar-refractivity contribution in [1.82, 2.24) is 9.80 Å². The minimum absolute atomic E-state index is 0.133. The normalized spacial score (nSPS) is 17.0. The zero-order chi connectivity index (χ0) is 15.4. The van der Waals surface area contributed by atoms with Gasteiger partial charge in [0.2, 0.25) is 0 Å². The van der Waals surface area contributed by atoms with Crippen LogP contribution in [0.1, 0.15) is 20.9 Å². The van der Waals surface area contributed by atoms with Crippen molar-refractivity contribution in [2.24, 2.45) is 0 Å². The number of aliphatic hydroxyl groups is 1. The van der Waals surface area contributed by atoms with Gasteiger partial charge in [0.05, 0.1) is 6.61 Å². The van der Waals surface area contributed by atoms with Crippen molar-refractivity contribution in [3.05, 3.63) is 57.3 Å².